The third kappa shape index (κ3) is 5.16. The van der Waals surface area contributed by atoms with Gasteiger partial charge in [-0.05, 0) is 60.4 Å². The van der Waals surface area contributed by atoms with Gasteiger partial charge in [-0.1, -0.05) is 43.3 Å². The van der Waals surface area contributed by atoms with Crippen LogP contribution in [0.4, 0.5) is 0 Å². The van der Waals surface area contributed by atoms with Crippen molar-refractivity contribution in [2.45, 2.75) is 32.9 Å². The molecule has 7 heteroatoms. The van der Waals surface area contributed by atoms with Crippen LogP contribution < -0.4 is 14.2 Å². The SMILES string of the molecule is CCCN1C(=O)C(=O)/C(=C(\O)c2ccc(OCc3ccccc3)c(C)c2)C1c1ccc(OC)c(OC)c1. The molecule has 1 fully saturated rings. The van der Waals surface area contributed by atoms with E-state index >= 15 is 0 Å². The first-order valence-corrected chi connectivity index (χ1v) is 12.2. The summed E-state index contributed by atoms with van der Waals surface area (Å²) in [6.07, 6.45) is 0.656. The summed E-state index contributed by atoms with van der Waals surface area (Å²) in [6.45, 7) is 4.58. The summed E-state index contributed by atoms with van der Waals surface area (Å²) < 4.78 is 16.7. The van der Waals surface area contributed by atoms with Crippen LogP contribution in [0.2, 0.25) is 0 Å². The van der Waals surface area contributed by atoms with Crippen LogP contribution in [0.1, 0.15) is 41.6 Å². The Morgan fingerprint density at radius 2 is 1.62 bits per heavy atom. The first kappa shape index (κ1) is 25.8. The Morgan fingerprint density at radius 3 is 2.27 bits per heavy atom. The number of ether oxygens (including phenoxy) is 3. The van der Waals surface area contributed by atoms with Gasteiger partial charge < -0.3 is 24.2 Å². The Bertz CT molecular complexity index is 1330. The number of rotatable bonds is 9. The van der Waals surface area contributed by atoms with Gasteiger partial charge in [0.05, 0.1) is 25.8 Å². The summed E-state index contributed by atoms with van der Waals surface area (Å²) in [7, 11) is 3.06. The van der Waals surface area contributed by atoms with Crippen LogP contribution in [0.15, 0.2) is 72.3 Å². The Morgan fingerprint density at radius 1 is 0.919 bits per heavy atom. The highest BCUT2D eigenvalue weighted by molar-refractivity contribution is 6.46. The molecule has 1 atom stereocenters. The molecule has 0 aliphatic carbocycles. The number of carbonyl (C=O) groups is 2. The highest BCUT2D eigenvalue weighted by Crippen LogP contribution is 2.42. The highest BCUT2D eigenvalue weighted by Gasteiger charge is 2.45. The second-order valence-electron chi connectivity index (χ2n) is 8.86. The zero-order valence-corrected chi connectivity index (χ0v) is 21.5. The minimum Gasteiger partial charge on any atom is -0.507 e. The van der Waals surface area contributed by atoms with Gasteiger partial charge in [-0.2, -0.15) is 0 Å². The van der Waals surface area contributed by atoms with Crippen LogP contribution >= 0.6 is 0 Å². The van der Waals surface area contributed by atoms with Crippen LogP contribution in [0, 0.1) is 6.92 Å². The van der Waals surface area contributed by atoms with Crippen molar-refractivity contribution in [3.8, 4) is 17.2 Å². The number of aliphatic hydroxyl groups excluding tert-OH is 1. The third-order valence-electron chi connectivity index (χ3n) is 6.41. The molecule has 7 nitrogen and oxygen atoms in total. The number of Topliss-reactive ketones (excluding diaryl/α,β-unsaturated/α-hetero) is 1. The van der Waals surface area contributed by atoms with Crippen molar-refractivity contribution in [1.82, 2.24) is 4.90 Å². The van der Waals surface area contributed by atoms with Gasteiger partial charge in [-0.3, -0.25) is 9.59 Å². The van der Waals surface area contributed by atoms with Gasteiger partial charge in [0.2, 0.25) is 0 Å². The molecule has 0 aromatic heterocycles. The van der Waals surface area contributed by atoms with Crippen LogP contribution in [0.5, 0.6) is 17.2 Å². The number of hydrogen-bond donors (Lipinski definition) is 1. The van der Waals surface area contributed by atoms with Crippen molar-refractivity contribution in [3.05, 3.63) is 94.6 Å². The molecule has 0 radical (unpaired) electrons. The molecule has 1 unspecified atom stereocenters. The number of amides is 1. The van der Waals surface area contributed by atoms with E-state index in [0.29, 0.717) is 47.9 Å². The van der Waals surface area contributed by atoms with E-state index in [1.54, 1.807) is 36.4 Å². The van der Waals surface area contributed by atoms with Crippen LogP contribution in [-0.2, 0) is 16.2 Å². The lowest BCUT2D eigenvalue weighted by Gasteiger charge is -2.25. The summed E-state index contributed by atoms with van der Waals surface area (Å²) in [5.74, 6) is 0.0893. The fourth-order valence-electron chi connectivity index (χ4n) is 4.57. The zero-order chi connectivity index (χ0) is 26.5. The quantitative estimate of drug-likeness (QED) is 0.239. The third-order valence-corrected chi connectivity index (χ3v) is 6.41. The maximum Gasteiger partial charge on any atom is 0.295 e. The molecule has 3 aromatic carbocycles. The van der Waals surface area contributed by atoms with E-state index in [2.05, 4.69) is 0 Å². The first-order chi connectivity index (χ1) is 17.9. The lowest BCUT2D eigenvalue weighted by Crippen LogP contribution is -2.30. The first-order valence-electron chi connectivity index (χ1n) is 12.2. The number of aliphatic hydroxyl groups is 1. The predicted molar refractivity (Wildman–Crippen MR) is 141 cm³/mol. The molecule has 0 spiro atoms. The molecule has 37 heavy (non-hydrogen) atoms. The number of aryl methyl sites for hydroxylation is 1. The van der Waals surface area contributed by atoms with E-state index in [1.807, 2.05) is 44.2 Å². The van der Waals surface area contributed by atoms with E-state index in [4.69, 9.17) is 14.2 Å². The van der Waals surface area contributed by atoms with Gasteiger partial charge >= 0.3 is 0 Å². The minimum absolute atomic E-state index is 0.0445. The highest BCUT2D eigenvalue weighted by atomic mass is 16.5. The van der Waals surface area contributed by atoms with E-state index in [-0.39, 0.29) is 11.3 Å². The van der Waals surface area contributed by atoms with E-state index in [9.17, 15) is 14.7 Å². The number of hydrogen-bond acceptors (Lipinski definition) is 6. The minimum atomic E-state index is -0.755. The van der Waals surface area contributed by atoms with Gasteiger partial charge in [0.15, 0.2) is 11.5 Å². The van der Waals surface area contributed by atoms with Crippen molar-refractivity contribution >= 4 is 17.4 Å². The van der Waals surface area contributed by atoms with Crippen LogP contribution in [0.3, 0.4) is 0 Å². The molecule has 0 saturated carbocycles. The number of ketones is 1. The van der Waals surface area contributed by atoms with Gasteiger partial charge in [-0.15, -0.1) is 0 Å². The summed E-state index contributed by atoms with van der Waals surface area (Å²) in [5.41, 5.74) is 2.96. The fourth-order valence-corrected chi connectivity index (χ4v) is 4.57. The smallest absolute Gasteiger partial charge is 0.295 e. The molecule has 1 aliphatic heterocycles. The second kappa shape index (κ2) is 11.2. The molecule has 1 saturated heterocycles. The maximum atomic E-state index is 13.2. The Balaban J connectivity index is 1.73. The largest absolute Gasteiger partial charge is 0.507 e. The summed E-state index contributed by atoms with van der Waals surface area (Å²) in [5, 5.41) is 11.4. The molecule has 1 aliphatic rings. The zero-order valence-electron chi connectivity index (χ0n) is 21.5. The van der Waals surface area contributed by atoms with Gasteiger partial charge in [0, 0.05) is 12.1 Å². The summed E-state index contributed by atoms with van der Waals surface area (Å²) in [4.78, 5) is 27.7. The predicted octanol–water partition coefficient (Wildman–Crippen LogP) is 5.42. The van der Waals surface area contributed by atoms with Crippen LogP contribution in [-0.4, -0.2) is 42.5 Å². The van der Waals surface area contributed by atoms with Crippen molar-refractivity contribution in [2.24, 2.45) is 0 Å². The van der Waals surface area contributed by atoms with Crippen molar-refractivity contribution in [3.63, 3.8) is 0 Å². The number of nitrogens with zero attached hydrogens (tertiary/aromatic N) is 1. The normalized spacial score (nSPS) is 16.6. The Kier molecular flexibility index (Phi) is 7.82. The molecule has 3 aromatic rings. The average Bonchev–Trinajstić information content (AvgIpc) is 3.17. The maximum absolute atomic E-state index is 13.2. The molecular weight excluding hydrogens is 470 g/mol. The van der Waals surface area contributed by atoms with E-state index < -0.39 is 17.7 Å². The van der Waals surface area contributed by atoms with E-state index in [0.717, 1.165) is 11.1 Å². The molecule has 1 N–H and O–H groups in total. The van der Waals surface area contributed by atoms with Crippen molar-refractivity contribution in [2.75, 3.05) is 20.8 Å². The molecule has 1 heterocycles. The lowest BCUT2D eigenvalue weighted by atomic mass is 9.94. The monoisotopic (exact) mass is 501 g/mol. The van der Waals surface area contributed by atoms with Gasteiger partial charge in [0.1, 0.15) is 18.1 Å². The van der Waals surface area contributed by atoms with E-state index in [1.165, 1.54) is 19.1 Å². The molecule has 4 rings (SSSR count). The lowest BCUT2D eigenvalue weighted by molar-refractivity contribution is -0.139. The molecule has 0 bridgehead atoms. The van der Waals surface area contributed by atoms with Crippen molar-refractivity contribution < 1.29 is 28.9 Å². The van der Waals surface area contributed by atoms with Gasteiger partial charge in [0.25, 0.3) is 11.7 Å². The summed E-state index contributed by atoms with van der Waals surface area (Å²) in [6, 6.07) is 19.5. The topological polar surface area (TPSA) is 85.3 Å². The van der Waals surface area contributed by atoms with Gasteiger partial charge in [-0.25, -0.2) is 0 Å². The number of likely N-dealkylation sites (tertiary alicyclic amines) is 1. The molecule has 192 valence electrons. The number of benzene rings is 3. The van der Waals surface area contributed by atoms with Crippen molar-refractivity contribution in [1.29, 1.82) is 0 Å². The average molecular weight is 502 g/mol. The fraction of sp³-hybridized carbons (Fsp3) is 0.267. The second-order valence-corrected chi connectivity index (χ2v) is 8.86. The number of carbonyl (C=O) groups excluding carboxylic acids is 2. The standard InChI is InChI=1S/C30H31NO6/c1-5-15-31-27(21-11-14-24(35-3)25(17-21)36-4)26(29(33)30(31)34)28(32)22-12-13-23(19(2)16-22)37-18-20-9-7-6-8-10-20/h6-14,16-17,27,32H,5,15,18H2,1-4H3/b28-26-. The Labute approximate surface area is 216 Å². The molecule has 1 amide bonds. The van der Waals surface area contributed by atoms with Crippen LogP contribution in [0.25, 0.3) is 5.76 Å². The number of methoxy groups -OCH3 is 2. The Hall–Kier alpha value is -4.26. The molecular formula is C30H31NO6. The summed E-state index contributed by atoms with van der Waals surface area (Å²) >= 11 is 0.